The molecule has 1 N–H and O–H groups in total. The second-order valence-electron chi connectivity index (χ2n) is 2.21. The van der Waals surface area contributed by atoms with E-state index in [9.17, 15) is 0 Å². The van der Waals surface area contributed by atoms with E-state index < -0.39 is 0 Å². The van der Waals surface area contributed by atoms with Gasteiger partial charge < -0.3 is 10.7 Å². The molecule has 0 bridgehead atoms. The second kappa shape index (κ2) is 17.3. The van der Waals surface area contributed by atoms with E-state index in [-0.39, 0.29) is 29.6 Å². The molecule has 1 nitrogen and oxygen atoms in total. The maximum Gasteiger partial charge on any atom is 1.00 e. The summed E-state index contributed by atoms with van der Waals surface area (Å²) in [5.74, 6) is 1.72. The van der Waals surface area contributed by atoms with Crippen LogP contribution in [0, 0.1) is 5.92 Å². The Morgan fingerprint density at radius 1 is 1.09 bits per heavy atom. The van der Waals surface area contributed by atoms with Crippen molar-refractivity contribution >= 4 is 10.5 Å². The summed E-state index contributed by atoms with van der Waals surface area (Å²) in [5, 5.41) is 0. The van der Waals surface area contributed by atoms with Crippen LogP contribution < -0.4 is 29.6 Å². The zero-order valence-electron chi connectivity index (χ0n) is 8.78. The van der Waals surface area contributed by atoms with Crippen LogP contribution in [0.25, 0.3) is 0 Å². The van der Waals surface area contributed by atoms with Crippen LogP contribution in [0.1, 0.15) is 46.5 Å². The van der Waals surface area contributed by atoms with Gasteiger partial charge in [-0.2, -0.15) is 19.3 Å². The molecule has 0 saturated carbocycles. The first-order valence-corrected chi connectivity index (χ1v) is 5.02. The van der Waals surface area contributed by atoms with Crippen LogP contribution in [0.2, 0.25) is 0 Å². The fourth-order valence-corrected chi connectivity index (χ4v) is 0.957. The first-order chi connectivity index (χ1) is 4.85. The van der Waals surface area contributed by atoms with E-state index in [1.165, 1.54) is 25.7 Å². The Bertz CT molecular complexity index is 49.4. The molecule has 0 heterocycles. The number of hydrogen-bond donors (Lipinski definition) is 1. The molecule has 0 saturated heterocycles. The van der Waals surface area contributed by atoms with Crippen LogP contribution in [0.15, 0.2) is 0 Å². The van der Waals surface area contributed by atoms with Gasteiger partial charge in [-0.25, -0.2) is 0 Å². The molecule has 0 atom stereocenters. The van der Waals surface area contributed by atoms with Crippen LogP contribution in [-0.4, -0.2) is 15.3 Å². The van der Waals surface area contributed by atoms with Gasteiger partial charge in [0, 0.05) is 0 Å². The van der Waals surface area contributed by atoms with Crippen molar-refractivity contribution < 1.29 is 34.4 Å². The third-order valence-corrected chi connectivity index (χ3v) is 1.60. The monoisotopic (exact) mass is 184 g/mol. The molecule has 0 amide bonds. The Balaban J connectivity index is -0.000000196. The Morgan fingerprint density at radius 2 is 1.45 bits per heavy atom. The predicted octanol–water partition coefficient (Wildman–Crippen LogP) is -1.56. The van der Waals surface area contributed by atoms with Gasteiger partial charge >= 0.3 is 29.6 Å². The van der Waals surface area contributed by atoms with Gasteiger partial charge in [0.15, 0.2) is 0 Å². The minimum atomic E-state index is 0. The molecule has 0 aliphatic rings. The molecule has 64 valence electrons. The summed E-state index contributed by atoms with van der Waals surface area (Å²) < 4.78 is 0. The molecule has 0 unspecified atom stereocenters. The number of hydrogen-bond acceptors (Lipinski definition) is 1. The quantitative estimate of drug-likeness (QED) is 0.414. The summed E-state index contributed by atoms with van der Waals surface area (Å²) in [6.45, 7) is 6.73. The van der Waals surface area contributed by atoms with Crippen molar-refractivity contribution in [1.82, 2.24) is 0 Å². The predicted molar refractivity (Wildman–Crippen MR) is 50.9 cm³/mol. The number of rotatable bonds is 4. The Hall–Kier alpha value is 1.18. The van der Waals surface area contributed by atoms with Gasteiger partial charge in [-0.05, 0) is 0 Å². The van der Waals surface area contributed by atoms with Crippen molar-refractivity contribution in [2.75, 3.05) is 0 Å². The molecule has 0 spiro atoms. The van der Waals surface area contributed by atoms with Crippen LogP contribution in [0.3, 0.4) is 0 Å². The van der Waals surface area contributed by atoms with E-state index in [2.05, 4.69) is 20.8 Å². The van der Waals surface area contributed by atoms with Crippen molar-refractivity contribution in [2.45, 2.75) is 46.5 Å². The molecule has 0 fully saturated rings. The average Bonchev–Trinajstić information content (AvgIpc) is 2.04. The normalized spacial score (nSPS) is 8.45. The molecule has 0 aliphatic carbocycles. The fourth-order valence-electron chi connectivity index (χ4n) is 0.957. The molecular weight excluding hydrogens is 163 g/mol. The smallest absolute Gasteiger partial charge is 0.442 e. The summed E-state index contributed by atoms with van der Waals surface area (Å²) in [5.41, 5.74) is 0. The molecule has 0 aromatic rings. The third-order valence-electron chi connectivity index (χ3n) is 1.60. The van der Waals surface area contributed by atoms with E-state index >= 15 is 0 Å². The van der Waals surface area contributed by atoms with Crippen molar-refractivity contribution in [3.05, 3.63) is 5.92 Å². The van der Waals surface area contributed by atoms with Crippen LogP contribution in [0.5, 0.6) is 0 Å². The molecule has 0 radical (unpaired) electrons. The molecule has 11 heavy (non-hydrogen) atoms. The summed E-state index contributed by atoms with van der Waals surface area (Å²) in [6, 6.07) is 0. The maximum atomic E-state index is 7.14. The van der Waals surface area contributed by atoms with Gasteiger partial charge in [0.1, 0.15) is 10.5 Å². The standard InChI is InChI=1S/C8H17.Na.H4OSi/c1-4-7-8(5-2)6-3;;1-2/h4-7H2,1-3H3;;1H,2H3/q-1;+1;. The first-order valence-electron chi connectivity index (χ1n) is 4.13. The van der Waals surface area contributed by atoms with Gasteiger partial charge in [-0.1, -0.05) is 27.2 Å². The maximum absolute atomic E-state index is 7.14. The summed E-state index contributed by atoms with van der Waals surface area (Å²) in [4.78, 5) is 7.14. The summed E-state index contributed by atoms with van der Waals surface area (Å²) >= 11 is 0. The molecule has 0 aromatic heterocycles. The van der Waals surface area contributed by atoms with E-state index in [1.807, 2.05) is 0 Å². The molecule has 0 aromatic carbocycles. The summed E-state index contributed by atoms with van der Waals surface area (Å²) in [6.07, 6.45) is 5.22. The van der Waals surface area contributed by atoms with Crippen molar-refractivity contribution in [1.29, 1.82) is 0 Å². The van der Waals surface area contributed by atoms with Gasteiger partial charge in [-0.3, -0.25) is 0 Å². The van der Waals surface area contributed by atoms with E-state index in [0.717, 1.165) is 0 Å². The molecular formula is C8H21NaOSi. The Kier molecular flexibility index (Phi) is 28.4. The zero-order chi connectivity index (χ0) is 8.41. The topological polar surface area (TPSA) is 20.2 Å². The minimum absolute atomic E-state index is 0. The zero-order valence-corrected chi connectivity index (χ0v) is 12.8. The largest absolute Gasteiger partial charge is 1.00 e. The Morgan fingerprint density at radius 3 is 1.55 bits per heavy atom. The Labute approximate surface area is 96.8 Å². The van der Waals surface area contributed by atoms with Crippen molar-refractivity contribution in [3.8, 4) is 0 Å². The molecule has 3 heteroatoms. The first kappa shape index (κ1) is 18.1. The SMILES string of the molecule is CCC[C-](CC)CC.O[SiH3].[Na+]. The van der Waals surface area contributed by atoms with Gasteiger partial charge in [-0.15, -0.1) is 0 Å². The van der Waals surface area contributed by atoms with Crippen molar-refractivity contribution in [2.24, 2.45) is 0 Å². The van der Waals surface area contributed by atoms with E-state index in [0.29, 0.717) is 10.5 Å². The fraction of sp³-hybridized carbons (Fsp3) is 0.875. The van der Waals surface area contributed by atoms with Gasteiger partial charge in [0.25, 0.3) is 0 Å². The van der Waals surface area contributed by atoms with E-state index in [1.54, 1.807) is 5.92 Å². The van der Waals surface area contributed by atoms with Gasteiger partial charge in [0.2, 0.25) is 0 Å². The minimum Gasteiger partial charge on any atom is -0.442 e. The second-order valence-corrected chi connectivity index (χ2v) is 2.21. The molecule has 0 aliphatic heterocycles. The van der Waals surface area contributed by atoms with Crippen LogP contribution in [-0.2, 0) is 0 Å². The molecule has 0 rings (SSSR count). The van der Waals surface area contributed by atoms with Crippen LogP contribution in [0.4, 0.5) is 0 Å². The van der Waals surface area contributed by atoms with Crippen molar-refractivity contribution in [3.63, 3.8) is 0 Å². The summed E-state index contributed by atoms with van der Waals surface area (Å²) in [7, 11) is 0.306. The third kappa shape index (κ3) is 14.1. The van der Waals surface area contributed by atoms with E-state index in [4.69, 9.17) is 4.80 Å². The van der Waals surface area contributed by atoms with Crippen LogP contribution >= 0.6 is 0 Å². The average molecular weight is 184 g/mol. The van der Waals surface area contributed by atoms with Gasteiger partial charge in [0.05, 0.1) is 0 Å².